The van der Waals surface area contributed by atoms with E-state index in [9.17, 15) is 22.8 Å². The molecule has 56 heavy (non-hydrogen) atoms. The van der Waals surface area contributed by atoms with Gasteiger partial charge in [0.2, 0.25) is 27.7 Å². The smallest absolute Gasteiger partial charge is 0.259 e. The van der Waals surface area contributed by atoms with Crippen LogP contribution in [0, 0.1) is 12.8 Å². The molecule has 2 aromatic heterocycles. The Bertz CT molecular complexity index is 2230. The van der Waals surface area contributed by atoms with E-state index in [1.165, 1.54) is 7.11 Å². The van der Waals surface area contributed by atoms with Crippen molar-refractivity contribution in [3.05, 3.63) is 59.8 Å². The fourth-order valence-corrected chi connectivity index (χ4v) is 9.90. The third-order valence-electron chi connectivity index (χ3n) is 12.4. The summed E-state index contributed by atoms with van der Waals surface area (Å²) in [5.74, 6) is 0.223. The molecule has 1 spiro atoms. The van der Waals surface area contributed by atoms with Crippen molar-refractivity contribution >= 4 is 44.5 Å². The molecule has 3 aromatic rings. The number of carbonyl (C=O) groups excluding carboxylic acids is 3. The topological polar surface area (TPSA) is 178 Å². The fourth-order valence-electron chi connectivity index (χ4n) is 8.58. The Balaban J connectivity index is 1.15. The Labute approximate surface area is 327 Å². The summed E-state index contributed by atoms with van der Waals surface area (Å²) in [6.45, 7) is 3.64. The van der Waals surface area contributed by atoms with Gasteiger partial charge in [-0.3, -0.25) is 19.1 Å². The standard InChI is InChI=1S/C41H50N6O8S/c1-25-35-28(29-21-27(53-3)15-16-30(29)42-25)17-18-40(55-35)23-32-36(48)45-41(38(50)46-56(51,52)39(2)19-20-39)22-26(41)11-8-6-5-7-9-12-31(37(49)47(32)24-40)43-33-13-10-14-34(44-33)54-4/h8,10-11,13-16,21,26,31-32H,5-7,9,12,17-20,22-24H2,1-4H3,(H,43,44)(H,45,48)(H,46,50). The highest BCUT2D eigenvalue weighted by Gasteiger charge is 2.64. The first kappa shape index (κ1) is 38.0. The van der Waals surface area contributed by atoms with Crippen LogP contribution in [0.25, 0.3) is 10.9 Å². The molecule has 1 saturated heterocycles. The number of nitrogens with one attached hydrogen (secondary N) is 3. The monoisotopic (exact) mass is 786 g/mol. The van der Waals surface area contributed by atoms with Gasteiger partial charge in [0, 0.05) is 29.4 Å². The van der Waals surface area contributed by atoms with Crippen molar-refractivity contribution in [2.75, 3.05) is 26.1 Å². The van der Waals surface area contributed by atoms with Crippen molar-refractivity contribution in [1.29, 1.82) is 0 Å². The summed E-state index contributed by atoms with van der Waals surface area (Å²) in [5, 5.41) is 7.26. The van der Waals surface area contributed by atoms with Crippen LogP contribution in [0.2, 0.25) is 0 Å². The predicted octanol–water partition coefficient (Wildman–Crippen LogP) is 4.49. The number of allylic oxidation sites excluding steroid dienone is 1. The molecule has 0 radical (unpaired) electrons. The molecule has 5 atom stereocenters. The van der Waals surface area contributed by atoms with E-state index in [2.05, 4.69) is 20.3 Å². The van der Waals surface area contributed by atoms with E-state index in [1.807, 2.05) is 37.3 Å². The van der Waals surface area contributed by atoms with Gasteiger partial charge in [-0.05, 0) is 89.5 Å². The Morgan fingerprint density at radius 3 is 2.62 bits per heavy atom. The SMILES string of the molecule is COc1ccc2nc(C)c3c(c2c1)CCC1(CC2C(=O)NC4(C(=O)NS(=O)(=O)C5(C)CC5)CC4C=CCCCCCC(Nc4cccc(OC)n4)C(=O)N2C1)O3. The minimum atomic E-state index is -3.97. The number of hydrogen-bond acceptors (Lipinski definition) is 11. The van der Waals surface area contributed by atoms with Crippen molar-refractivity contribution in [2.24, 2.45) is 5.92 Å². The summed E-state index contributed by atoms with van der Waals surface area (Å²) in [6, 6.07) is 9.30. The Hall–Kier alpha value is -4.92. The van der Waals surface area contributed by atoms with Crippen LogP contribution in [0.1, 0.15) is 82.4 Å². The van der Waals surface area contributed by atoms with Crippen LogP contribution in [0.5, 0.6) is 17.4 Å². The molecule has 0 bridgehead atoms. The zero-order valence-corrected chi connectivity index (χ0v) is 33.2. The third-order valence-corrected chi connectivity index (χ3v) is 14.6. The van der Waals surface area contributed by atoms with Gasteiger partial charge in [-0.2, -0.15) is 4.98 Å². The van der Waals surface area contributed by atoms with Crippen molar-refractivity contribution in [3.63, 3.8) is 0 Å². The van der Waals surface area contributed by atoms with Crippen LogP contribution < -0.4 is 29.6 Å². The fraction of sp³-hybridized carbons (Fsp3) is 0.537. The van der Waals surface area contributed by atoms with Gasteiger partial charge in [0.1, 0.15) is 40.5 Å². The summed E-state index contributed by atoms with van der Waals surface area (Å²) in [4.78, 5) is 54.6. The van der Waals surface area contributed by atoms with E-state index in [4.69, 9.17) is 19.2 Å². The maximum atomic E-state index is 14.9. The van der Waals surface area contributed by atoms with E-state index in [0.717, 1.165) is 42.1 Å². The molecule has 3 aliphatic heterocycles. The molecule has 2 aliphatic carbocycles. The Kier molecular flexibility index (Phi) is 9.65. The van der Waals surface area contributed by atoms with Gasteiger partial charge in [0.25, 0.3) is 5.91 Å². The summed E-state index contributed by atoms with van der Waals surface area (Å²) in [6.07, 6.45) is 10.1. The van der Waals surface area contributed by atoms with Gasteiger partial charge < -0.3 is 29.7 Å². The number of aromatic nitrogens is 2. The summed E-state index contributed by atoms with van der Waals surface area (Å²) in [7, 11) is -0.822. The van der Waals surface area contributed by atoms with Crippen LogP contribution in [0.4, 0.5) is 5.82 Å². The molecule has 14 nitrogen and oxygen atoms in total. The number of methoxy groups -OCH3 is 2. The summed E-state index contributed by atoms with van der Waals surface area (Å²) in [5.41, 5.74) is 0.113. The van der Waals surface area contributed by atoms with Crippen molar-refractivity contribution in [1.82, 2.24) is 24.9 Å². The first-order valence-corrected chi connectivity index (χ1v) is 21.1. The average molecular weight is 787 g/mol. The highest BCUT2D eigenvalue weighted by atomic mass is 32.2. The van der Waals surface area contributed by atoms with E-state index < -0.39 is 55.7 Å². The quantitative estimate of drug-likeness (QED) is 0.288. The second-order valence-electron chi connectivity index (χ2n) is 16.3. The summed E-state index contributed by atoms with van der Waals surface area (Å²) < 4.78 is 45.6. The lowest BCUT2D eigenvalue weighted by molar-refractivity contribution is -0.140. The van der Waals surface area contributed by atoms with Gasteiger partial charge in [0.15, 0.2) is 0 Å². The highest BCUT2D eigenvalue weighted by Crippen LogP contribution is 2.49. The number of rotatable bonds is 7. The molecule has 3 amide bonds. The second kappa shape index (κ2) is 14.2. The molecule has 15 heteroatoms. The molecule has 8 rings (SSSR count). The second-order valence-corrected chi connectivity index (χ2v) is 18.5. The number of anilines is 1. The van der Waals surface area contributed by atoms with Gasteiger partial charge in [0.05, 0.1) is 36.7 Å². The van der Waals surface area contributed by atoms with Gasteiger partial charge in [-0.1, -0.05) is 31.1 Å². The number of sulfonamides is 1. The van der Waals surface area contributed by atoms with E-state index in [-0.39, 0.29) is 25.3 Å². The van der Waals surface area contributed by atoms with E-state index >= 15 is 0 Å². The Morgan fingerprint density at radius 2 is 1.86 bits per heavy atom. The van der Waals surface area contributed by atoms with Gasteiger partial charge in [-0.15, -0.1) is 0 Å². The third kappa shape index (κ3) is 6.92. The van der Waals surface area contributed by atoms with Crippen LogP contribution in [-0.4, -0.2) is 89.7 Å². The molecule has 3 N–H and O–H groups in total. The number of aryl methyl sites for hydroxylation is 2. The minimum Gasteiger partial charge on any atom is -0.497 e. The molecule has 1 aromatic carbocycles. The number of hydrogen-bond donors (Lipinski definition) is 3. The van der Waals surface area contributed by atoms with Crippen LogP contribution in [-0.2, 0) is 30.8 Å². The van der Waals surface area contributed by atoms with E-state index in [0.29, 0.717) is 61.0 Å². The van der Waals surface area contributed by atoms with Crippen molar-refractivity contribution in [3.8, 4) is 17.4 Å². The largest absolute Gasteiger partial charge is 0.497 e. The van der Waals surface area contributed by atoms with Crippen molar-refractivity contribution < 1.29 is 37.0 Å². The molecule has 3 fully saturated rings. The lowest BCUT2D eigenvalue weighted by Crippen LogP contribution is -2.58. The van der Waals surface area contributed by atoms with Crippen LogP contribution in [0.15, 0.2) is 48.6 Å². The number of amides is 3. The lowest BCUT2D eigenvalue weighted by Gasteiger charge is -2.36. The molecule has 5 unspecified atom stereocenters. The normalized spacial score (nSPS) is 28.4. The Morgan fingerprint density at radius 1 is 1.04 bits per heavy atom. The number of ether oxygens (including phenoxy) is 3. The number of carbonyl (C=O) groups is 3. The molecule has 5 aliphatic rings. The number of nitrogens with zero attached hydrogens (tertiary/aromatic N) is 3. The van der Waals surface area contributed by atoms with Crippen molar-refractivity contribution in [2.45, 2.75) is 112 Å². The maximum Gasteiger partial charge on any atom is 0.259 e. The first-order valence-electron chi connectivity index (χ1n) is 19.6. The molecule has 5 heterocycles. The number of fused-ring (bicyclic) bond motifs is 5. The highest BCUT2D eigenvalue weighted by molar-refractivity contribution is 7.91. The zero-order chi connectivity index (χ0) is 39.5. The predicted molar refractivity (Wildman–Crippen MR) is 209 cm³/mol. The van der Waals surface area contributed by atoms with Gasteiger partial charge in [-0.25, -0.2) is 13.4 Å². The average Bonchev–Trinajstić information content (AvgIpc) is 4.08. The number of benzene rings is 1. The van der Waals surface area contributed by atoms with Crippen LogP contribution in [0.3, 0.4) is 0 Å². The zero-order valence-electron chi connectivity index (χ0n) is 32.4. The first-order chi connectivity index (χ1) is 26.8. The minimum absolute atomic E-state index is 0.123. The molecule has 2 saturated carbocycles. The lowest BCUT2D eigenvalue weighted by atomic mass is 9.87. The van der Waals surface area contributed by atoms with Gasteiger partial charge >= 0.3 is 0 Å². The van der Waals surface area contributed by atoms with Crippen LogP contribution >= 0.6 is 0 Å². The maximum absolute atomic E-state index is 14.9. The van der Waals surface area contributed by atoms with E-state index in [1.54, 1.807) is 37.1 Å². The number of pyridine rings is 2. The molecular formula is C41H50N6O8S. The summed E-state index contributed by atoms with van der Waals surface area (Å²) >= 11 is 0. The molecule has 298 valence electrons. The molecular weight excluding hydrogens is 737 g/mol.